The molecule has 2 heterocycles. The summed E-state index contributed by atoms with van der Waals surface area (Å²) in [7, 11) is 0. The molecule has 0 amide bonds. The van der Waals surface area contributed by atoms with E-state index in [1.807, 2.05) is 0 Å². The van der Waals surface area contributed by atoms with E-state index in [-0.39, 0.29) is 17.1 Å². The van der Waals surface area contributed by atoms with E-state index in [0.29, 0.717) is 27.7 Å². The van der Waals surface area contributed by atoms with E-state index in [1.54, 1.807) is 26.0 Å². The van der Waals surface area contributed by atoms with Crippen LogP contribution in [0.2, 0.25) is 5.02 Å². The molecule has 120 valence electrons. The van der Waals surface area contributed by atoms with Crippen molar-refractivity contribution in [3.63, 3.8) is 0 Å². The molecular formula is C15H14Cl2N4O2. The van der Waals surface area contributed by atoms with Crippen molar-refractivity contribution in [2.75, 3.05) is 0 Å². The van der Waals surface area contributed by atoms with Crippen molar-refractivity contribution in [2.45, 2.75) is 20.4 Å². The van der Waals surface area contributed by atoms with Crippen molar-refractivity contribution < 1.29 is 4.52 Å². The summed E-state index contributed by atoms with van der Waals surface area (Å²) in [6.07, 6.45) is 4.74. The third kappa shape index (κ3) is 4.18. The average Bonchev–Trinajstić information content (AvgIpc) is 2.84. The average molecular weight is 353 g/mol. The molecule has 2 aromatic rings. The Hall–Kier alpha value is -2.18. The summed E-state index contributed by atoms with van der Waals surface area (Å²) in [5.41, 5.74) is 1.33. The van der Waals surface area contributed by atoms with Crippen LogP contribution in [0.1, 0.15) is 23.9 Å². The Bertz CT molecular complexity index is 845. The quantitative estimate of drug-likeness (QED) is 0.610. The monoisotopic (exact) mass is 352 g/mol. The van der Waals surface area contributed by atoms with Crippen molar-refractivity contribution in [2.24, 2.45) is 4.99 Å². The Balaban J connectivity index is 2.46. The van der Waals surface area contributed by atoms with Gasteiger partial charge in [-0.25, -0.2) is 4.68 Å². The molecule has 0 aliphatic heterocycles. The molecule has 0 spiro atoms. The van der Waals surface area contributed by atoms with E-state index < -0.39 is 0 Å². The highest BCUT2D eigenvalue weighted by Gasteiger charge is 2.17. The van der Waals surface area contributed by atoms with Gasteiger partial charge in [0, 0.05) is 16.7 Å². The molecule has 0 aliphatic carbocycles. The Morgan fingerprint density at radius 1 is 1.52 bits per heavy atom. The molecule has 2 rings (SSSR count). The van der Waals surface area contributed by atoms with Crippen LogP contribution in [0.3, 0.4) is 0 Å². The lowest BCUT2D eigenvalue weighted by Gasteiger charge is -2.05. The molecule has 0 aliphatic rings. The van der Waals surface area contributed by atoms with Gasteiger partial charge in [0.1, 0.15) is 11.5 Å². The molecule has 0 fully saturated rings. The fourth-order valence-electron chi connectivity index (χ4n) is 1.86. The second-order valence-corrected chi connectivity index (χ2v) is 5.73. The molecule has 0 radical (unpaired) electrons. The first-order chi connectivity index (χ1) is 10.9. The van der Waals surface area contributed by atoms with E-state index >= 15 is 0 Å². The number of rotatable bonds is 5. The van der Waals surface area contributed by atoms with E-state index in [1.165, 1.54) is 16.9 Å². The number of allylic oxidation sites excluding steroid dienone is 3. The molecule has 6 nitrogen and oxygen atoms in total. The van der Waals surface area contributed by atoms with Crippen LogP contribution in [-0.4, -0.2) is 21.7 Å². The first-order valence-electron chi connectivity index (χ1n) is 6.61. The maximum absolute atomic E-state index is 11.9. The fourth-order valence-corrected chi connectivity index (χ4v) is 2.06. The molecule has 0 N–H and O–H groups in total. The zero-order chi connectivity index (χ0) is 17.0. The summed E-state index contributed by atoms with van der Waals surface area (Å²) >= 11 is 11.6. The van der Waals surface area contributed by atoms with Gasteiger partial charge in [-0.1, -0.05) is 28.4 Å². The second-order valence-electron chi connectivity index (χ2n) is 4.70. The van der Waals surface area contributed by atoms with Crippen LogP contribution in [0.5, 0.6) is 0 Å². The van der Waals surface area contributed by atoms with Crippen LogP contribution in [0.15, 0.2) is 43.8 Å². The number of aromatic nitrogens is 3. The Kier molecular flexibility index (Phi) is 5.52. The van der Waals surface area contributed by atoms with Gasteiger partial charge in [-0.2, -0.15) is 5.10 Å². The first-order valence-corrected chi connectivity index (χ1v) is 7.37. The summed E-state index contributed by atoms with van der Waals surface area (Å²) < 4.78 is 6.48. The number of aliphatic imine (C=N–C) groups is 1. The number of hydrogen-bond donors (Lipinski definition) is 0. The Labute approximate surface area is 142 Å². The summed E-state index contributed by atoms with van der Waals surface area (Å²) in [5.74, 6) is 0.560. The van der Waals surface area contributed by atoms with Crippen LogP contribution in [0.4, 0.5) is 0 Å². The molecule has 0 saturated heterocycles. The normalized spacial score (nSPS) is 12.5. The van der Waals surface area contributed by atoms with E-state index in [2.05, 4.69) is 22.0 Å². The minimum Gasteiger partial charge on any atom is -0.361 e. The molecule has 2 aromatic heterocycles. The molecule has 0 aromatic carbocycles. The highest BCUT2D eigenvalue weighted by molar-refractivity contribution is 6.30. The third-order valence-corrected chi connectivity index (χ3v) is 3.35. The summed E-state index contributed by atoms with van der Waals surface area (Å²) in [5, 5.41) is 8.86. The largest absolute Gasteiger partial charge is 0.361 e. The molecule has 0 bridgehead atoms. The maximum Gasteiger partial charge on any atom is 0.268 e. The highest BCUT2D eigenvalue weighted by atomic mass is 35.5. The number of aryl methyl sites for hydroxylation is 1. The van der Waals surface area contributed by atoms with Crippen LogP contribution < -0.4 is 5.56 Å². The van der Waals surface area contributed by atoms with Crippen LogP contribution in [0, 0.1) is 6.92 Å². The summed E-state index contributed by atoms with van der Waals surface area (Å²) in [6.45, 7) is 7.19. The van der Waals surface area contributed by atoms with Gasteiger partial charge in [0.2, 0.25) is 0 Å². The van der Waals surface area contributed by atoms with E-state index in [4.69, 9.17) is 27.7 Å². The number of nitrogens with zero attached hydrogens (tertiary/aromatic N) is 4. The van der Waals surface area contributed by atoms with Crippen molar-refractivity contribution in [1.29, 1.82) is 0 Å². The predicted octanol–water partition coefficient (Wildman–Crippen LogP) is 3.43. The van der Waals surface area contributed by atoms with Gasteiger partial charge in [-0.05, 0) is 32.7 Å². The maximum atomic E-state index is 11.9. The zero-order valence-electron chi connectivity index (χ0n) is 12.6. The molecule has 8 heteroatoms. The summed E-state index contributed by atoms with van der Waals surface area (Å²) in [4.78, 5) is 15.9. The van der Waals surface area contributed by atoms with Gasteiger partial charge in [-0.3, -0.25) is 9.79 Å². The number of hydrogen-bond acceptors (Lipinski definition) is 5. The molecule has 0 saturated carbocycles. The van der Waals surface area contributed by atoms with Gasteiger partial charge >= 0.3 is 0 Å². The van der Waals surface area contributed by atoms with Crippen LogP contribution >= 0.6 is 23.2 Å². The van der Waals surface area contributed by atoms with Crippen molar-refractivity contribution in [1.82, 2.24) is 14.9 Å². The van der Waals surface area contributed by atoms with Crippen molar-refractivity contribution in [3.8, 4) is 0 Å². The first kappa shape index (κ1) is 17.2. The van der Waals surface area contributed by atoms with Gasteiger partial charge in [-0.15, -0.1) is 0 Å². The van der Waals surface area contributed by atoms with Crippen LogP contribution in [-0.2, 0) is 6.54 Å². The lowest BCUT2D eigenvalue weighted by molar-refractivity contribution is 0.393. The lowest BCUT2D eigenvalue weighted by Crippen LogP contribution is -2.22. The fraction of sp³-hybridized carbons (Fsp3) is 0.200. The predicted molar refractivity (Wildman–Crippen MR) is 91.0 cm³/mol. The van der Waals surface area contributed by atoms with Gasteiger partial charge in [0.15, 0.2) is 0 Å². The zero-order valence-corrected chi connectivity index (χ0v) is 14.1. The Morgan fingerprint density at radius 2 is 2.26 bits per heavy atom. The smallest absolute Gasteiger partial charge is 0.268 e. The van der Waals surface area contributed by atoms with Crippen LogP contribution in [0.25, 0.3) is 5.70 Å². The van der Waals surface area contributed by atoms with Crippen molar-refractivity contribution in [3.05, 3.63) is 61.8 Å². The Morgan fingerprint density at radius 3 is 2.87 bits per heavy atom. The molecule has 23 heavy (non-hydrogen) atoms. The van der Waals surface area contributed by atoms with E-state index in [9.17, 15) is 4.79 Å². The SMILES string of the molecule is C=N/C(=C\C=C(/C)Cl)c1noc(C)c1Cn1ncc(Cl)cc1=O. The molecular weight excluding hydrogens is 339 g/mol. The minimum absolute atomic E-state index is 0.178. The molecule has 0 atom stereocenters. The summed E-state index contributed by atoms with van der Waals surface area (Å²) in [6, 6.07) is 1.29. The van der Waals surface area contributed by atoms with Gasteiger partial charge < -0.3 is 4.52 Å². The van der Waals surface area contributed by atoms with E-state index in [0.717, 1.165) is 0 Å². The topological polar surface area (TPSA) is 73.3 Å². The number of halogens is 2. The lowest BCUT2D eigenvalue weighted by atomic mass is 10.1. The van der Waals surface area contributed by atoms with Crippen molar-refractivity contribution >= 4 is 35.6 Å². The highest BCUT2D eigenvalue weighted by Crippen LogP contribution is 2.23. The van der Waals surface area contributed by atoms with Gasteiger partial charge in [0.05, 0.1) is 23.5 Å². The second kappa shape index (κ2) is 7.39. The third-order valence-electron chi connectivity index (χ3n) is 3.01. The standard InChI is InChI=1S/C15H14Cl2N4O2/c1-9(16)4-5-13(18-3)15-12(10(2)23-20-15)8-21-14(22)6-11(17)7-19-21/h4-7H,3,8H2,1-2H3/b9-4+,13-5-. The molecule has 0 unspecified atom stereocenters. The van der Waals surface area contributed by atoms with Gasteiger partial charge in [0.25, 0.3) is 5.56 Å². The minimum atomic E-state index is -0.322.